The van der Waals surface area contributed by atoms with Crippen molar-refractivity contribution in [2.75, 3.05) is 32.8 Å². The van der Waals surface area contributed by atoms with Crippen molar-refractivity contribution >= 4 is 5.91 Å². The van der Waals surface area contributed by atoms with E-state index in [0.717, 1.165) is 58.5 Å². The van der Waals surface area contributed by atoms with Gasteiger partial charge in [-0.25, -0.2) is 0 Å². The van der Waals surface area contributed by atoms with E-state index in [0.29, 0.717) is 12.5 Å². The van der Waals surface area contributed by atoms with Crippen LogP contribution in [0.1, 0.15) is 32.1 Å². The molecule has 0 bridgehead atoms. The Hall–Kier alpha value is -0.690. The largest absolute Gasteiger partial charge is 0.390 e. The second-order valence-electron chi connectivity index (χ2n) is 6.35. The number of ether oxygens (including phenoxy) is 2. The van der Waals surface area contributed by atoms with Crippen LogP contribution in [0.4, 0.5) is 0 Å². The smallest absolute Gasteiger partial charge is 0.252 e. The van der Waals surface area contributed by atoms with Gasteiger partial charge in [0.05, 0.1) is 25.4 Å². The van der Waals surface area contributed by atoms with Gasteiger partial charge in [-0.1, -0.05) is 0 Å². The Bertz CT molecular complexity index is 356. The Morgan fingerprint density at radius 3 is 2.67 bits per heavy atom. The van der Waals surface area contributed by atoms with Crippen LogP contribution in [-0.4, -0.2) is 73.1 Å². The molecule has 3 rings (SSSR count). The predicted octanol–water partition coefficient (Wildman–Crippen LogP) is -0.104. The molecule has 0 spiro atoms. The number of carbonyl (C=O) groups excluding carboxylic acids is 1. The van der Waals surface area contributed by atoms with E-state index in [-0.39, 0.29) is 12.0 Å². The third-order valence-electron chi connectivity index (χ3n) is 4.53. The van der Waals surface area contributed by atoms with Crippen molar-refractivity contribution in [2.45, 2.75) is 56.5 Å². The van der Waals surface area contributed by atoms with Crippen LogP contribution >= 0.6 is 0 Å². The minimum atomic E-state index is -0.686. The van der Waals surface area contributed by atoms with Crippen molar-refractivity contribution in [2.24, 2.45) is 0 Å². The van der Waals surface area contributed by atoms with Gasteiger partial charge < -0.3 is 19.9 Å². The maximum atomic E-state index is 12.1. The minimum absolute atomic E-state index is 0.0752. The molecule has 0 aromatic carbocycles. The van der Waals surface area contributed by atoms with Gasteiger partial charge >= 0.3 is 0 Å². The quantitative estimate of drug-likeness (QED) is 0.741. The Morgan fingerprint density at radius 2 is 1.95 bits per heavy atom. The maximum Gasteiger partial charge on any atom is 0.252 e. The van der Waals surface area contributed by atoms with E-state index < -0.39 is 12.2 Å². The Labute approximate surface area is 125 Å². The molecule has 3 fully saturated rings. The van der Waals surface area contributed by atoms with E-state index >= 15 is 0 Å². The third-order valence-corrected chi connectivity index (χ3v) is 4.53. The number of carbonyl (C=O) groups is 1. The van der Waals surface area contributed by atoms with Gasteiger partial charge in [0, 0.05) is 25.7 Å². The molecule has 3 atom stereocenters. The second-order valence-corrected chi connectivity index (χ2v) is 6.35. The number of nitrogens with zero attached hydrogens (tertiary/aromatic N) is 1. The van der Waals surface area contributed by atoms with Gasteiger partial charge in [-0.15, -0.1) is 0 Å². The van der Waals surface area contributed by atoms with Crippen molar-refractivity contribution in [3.63, 3.8) is 0 Å². The number of rotatable bonds is 5. The fraction of sp³-hybridized carbons (Fsp3) is 0.933. The van der Waals surface area contributed by atoms with Gasteiger partial charge in [-0.3, -0.25) is 9.69 Å². The number of aliphatic hydroxyl groups excluding tert-OH is 1. The normalized spacial score (nSPS) is 34.6. The molecule has 1 amide bonds. The summed E-state index contributed by atoms with van der Waals surface area (Å²) in [6.45, 7) is 4.52. The SMILES string of the molecule is O=C(NC1CC1)[C@H]1O[C@H](CCN2CCOCC2)CC[C@@H]1O. The van der Waals surface area contributed by atoms with Crippen molar-refractivity contribution < 1.29 is 19.4 Å². The molecule has 0 radical (unpaired) electrons. The summed E-state index contributed by atoms with van der Waals surface area (Å²) in [6.07, 6.45) is 3.22. The first-order chi connectivity index (χ1) is 10.2. The number of hydrogen-bond acceptors (Lipinski definition) is 5. The summed E-state index contributed by atoms with van der Waals surface area (Å²) in [5.41, 5.74) is 0. The molecule has 3 aliphatic rings. The van der Waals surface area contributed by atoms with Crippen LogP contribution in [0.25, 0.3) is 0 Å². The summed E-state index contributed by atoms with van der Waals surface area (Å²) in [5.74, 6) is -0.138. The first-order valence-corrected chi connectivity index (χ1v) is 8.16. The van der Waals surface area contributed by atoms with Gasteiger partial charge in [0.25, 0.3) is 5.91 Å². The van der Waals surface area contributed by atoms with Crippen LogP contribution in [0.5, 0.6) is 0 Å². The fourth-order valence-corrected chi connectivity index (χ4v) is 2.99. The summed E-state index contributed by atoms with van der Waals surface area (Å²) in [5, 5.41) is 12.9. The number of aliphatic hydroxyl groups is 1. The van der Waals surface area contributed by atoms with E-state index in [1.807, 2.05) is 0 Å². The standard InChI is InChI=1S/C15H26N2O4/c18-13-4-3-12(5-6-17-7-9-20-10-8-17)21-14(13)15(19)16-11-1-2-11/h11-14,18H,1-10H2,(H,16,19)/t12-,13-,14-/m0/s1. The molecule has 120 valence electrons. The topological polar surface area (TPSA) is 71.0 Å². The zero-order chi connectivity index (χ0) is 14.7. The van der Waals surface area contributed by atoms with Crippen LogP contribution in [0.15, 0.2) is 0 Å². The summed E-state index contributed by atoms with van der Waals surface area (Å²) >= 11 is 0. The van der Waals surface area contributed by atoms with E-state index in [4.69, 9.17) is 9.47 Å². The minimum Gasteiger partial charge on any atom is -0.390 e. The van der Waals surface area contributed by atoms with Crippen LogP contribution in [0, 0.1) is 0 Å². The molecule has 6 nitrogen and oxygen atoms in total. The molecule has 1 saturated carbocycles. The lowest BCUT2D eigenvalue weighted by atomic mass is 9.98. The van der Waals surface area contributed by atoms with Crippen LogP contribution in [0.3, 0.4) is 0 Å². The molecule has 0 aromatic rings. The number of morpholine rings is 1. The highest BCUT2D eigenvalue weighted by Crippen LogP contribution is 2.24. The lowest BCUT2D eigenvalue weighted by Crippen LogP contribution is -2.50. The van der Waals surface area contributed by atoms with Gasteiger partial charge in [0.1, 0.15) is 0 Å². The summed E-state index contributed by atoms with van der Waals surface area (Å²) < 4.78 is 11.2. The van der Waals surface area contributed by atoms with Gasteiger partial charge in [-0.2, -0.15) is 0 Å². The molecule has 0 aromatic heterocycles. The molecule has 1 aliphatic carbocycles. The molecule has 21 heavy (non-hydrogen) atoms. The van der Waals surface area contributed by atoms with Crippen molar-refractivity contribution in [1.29, 1.82) is 0 Å². The average Bonchev–Trinajstić information content (AvgIpc) is 3.31. The number of hydrogen-bond donors (Lipinski definition) is 2. The van der Waals surface area contributed by atoms with Gasteiger partial charge in [-0.05, 0) is 32.1 Å². The van der Waals surface area contributed by atoms with Gasteiger partial charge in [0.15, 0.2) is 6.10 Å². The van der Waals surface area contributed by atoms with E-state index in [1.54, 1.807) is 0 Å². The molecular formula is C15H26N2O4. The van der Waals surface area contributed by atoms with Crippen molar-refractivity contribution in [3.8, 4) is 0 Å². The van der Waals surface area contributed by atoms with E-state index in [9.17, 15) is 9.90 Å². The summed E-state index contributed by atoms with van der Waals surface area (Å²) in [7, 11) is 0. The van der Waals surface area contributed by atoms with E-state index in [2.05, 4.69) is 10.2 Å². The first-order valence-electron chi connectivity index (χ1n) is 8.16. The summed E-state index contributed by atoms with van der Waals surface area (Å²) in [4.78, 5) is 14.5. The molecular weight excluding hydrogens is 272 g/mol. The molecule has 2 aliphatic heterocycles. The Morgan fingerprint density at radius 1 is 1.19 bits per heavy atom. The Kier molecular flexibility index (Phi) is 5.11. The lowest BCUT2D eigenvalue weighted by Gasteiger charge is -2.34. The number of nitrogens with one attached hydrogen (secondary N) is 1. The molecule has 0 unspecified atom stereocenters. The Balaban J connectivity index is 1.44. The lowest BCUT2D eigenvalue weighted by molar-refractivity contribution is -0.159. The molecule has 6 heteroatoms. The summed E-state index contributed by atoms with van der Waals surface area (Å²) in [6, 6.07) is 0.307. The van der Waals surface area contributed by atoms with Gasteiger partial charge in [0.2, 0.25) is 0 Å². The van der Waals surface area contributed by atoms with Crippen molar-refractivity contribution in [1.82, 2.24) is 10.2 Å². The highest BCUT2D eigenvalue weighted by atomic mass is 16.5. The van der Waals surface area contributed by atoms with Crippen LogP contribution in [0.2, 0.25) is 0 Å². The second kappa shape index (κ2) is 7.05. The fourth-order valence-electron chi connectivity index (χ4n) is 2.99. The third kappa shape index (κ3) is 4.39. The average molecular weight is 298 g/mol. The van der Waals surface area contributed by atoms with Crippen LogP contribution < -0.4 is 5.32 Å². The van der Waals surface area contributed by atoms with Crippen LogP contribution in [-0.2, 0) is 14.3 Å². The highest BCUT2D eigenvalue weighted by Gasteiger charge is 2.37. The monoisotopic (exact) mass is 298 g/mol. The zero-order valence-electron chi connectivity index (χ0n) is 12.5. The predicted molar refractivity (Wildman–Crippen MR) is 76.9 cm³/mol. The number of amides is 1. The maximum absolute atomic E-state index is 12.1. The molecule has 2 N–H and O–H groups in total. The zero-order valence-corrected chi connectivity index (χ0v) is 12.5. The molecule has 2 heterocycles. The van der Waals surface area contributed by atoms with Crippen molar-refractivity contribution in [3.05, 3.63) is 0 Å². The molecule has 2 saturated heterocycles. The first kappa shape index (κ1) is 15.2. The highest BCUT2D eigenvalue weighted by molar-refractivity contribution is 5.82. The van der Waals surface area contributed by atoms with E-state index in [1.165, 1.54) is 0 Å².